The van der Waals surface area contributed by atoms with E-state index < -0.39 is 0 Å². The standard InChI is InChI=1S/C14H30N/c1-9-11(13(3,4)5)15-12(10-2)14(6,7)8/h11-12H,9-10H2,1-8H3. The SMILES string of the molecule is CCC([N]C(CC)C(C)(C)C)C(C)(C)C. The van der Waals surface area contributed by atoms with Crippen LogP contribution in [-0.4, -0.2) is 12.1 Å². The van der Waals surface area contributed by atoms with Gasteiger partial charge in [0.1, 0.15) is 0 Å². The predicted molar refractivity (Wildman–Crippen MR) is 69.2 cm³/mol. The molecule has 1 heteroatoms. The lowest BCUT2D eigenvalue weighted by atomic mass is 9.80. The Hall–Kier alpha value is -0.0400. The summed E-state index contributed by atoms with van der Waals surface area (Å²) in [5.41, 5.74) is 0.598. The molecule has 0 aliphatic carbocycles. The summed E-state index contributed by atoms with van der Waals surface area (Å²) < 4.78 is 0. The zero-order valence-electron chi connectivity index (χ0n) is 12.0. The molecule has 1 nitrogen and oxygen atoms in total. The van der Waals surface area contributed by atoms with Gasteiger partial charge >= 0.3 is 0 Å². The van der Waals surface area contributed by atoms with Gasteiger partial charge in [-0.3, -0.25) is 0 Å². The van der Waals surface area contributed by atoms with Crippen molar-refractivity contribution in [2.24, 2.45) is 10.8 Å². The van der Waals surface area contributed by atoms with Crippen molar-refractivity contribution < 1.29 is 0 Å². The minimum Gasteiger partial charge on any atom is -0.234 e. The lowest BCUT2D eigenvalue weighted by Gasteiger charge is -2.37. The first kappa shape index (κ1) is 15.0. The fraction of sp³-hybridized carbons (Fsp3) is 1.00. The monoisotopic (exact) mass is 212 g/mol. The van der Waals surface area contributed by atoms with Crippen LogP contribution in [0, 0.1) is 10.8 Å². The summed E-state index contributed by atoms with van der Waals surface area (Å²) >= 11 is 0. The zero-order valence-corrected chi connectivity index (χ0v) is 12.0. The van der Waals surface area contributed by atoms with E-state index in [2.05, 4.69) is 55.4 Å². The molecule has 1 radical (unpaired) electrons. The fourth-order valence-corrected chi connectivity index (χ4v) is 2.10. The minimum atomic E-state index is 0.299. The molecular weight excluding hydrogens is 182 g/mol. The van der Waals surface area contributed by atoms with E-state index in [1.54, 1.807) is 0 Å². The van der Waals surface area contributed by atoms with Crippen molar-refractivity contribution in [2.75, 3.05) is 0 Å². The number of hydrogen-bond donors (Lipinski definition) is 0. The first-order chi connectivity index (χ1) is 6.62. The molecule has 2 unspecified atom stereocenters. The Labute approximate surface area is 97.0 Å². The molecule has 0 N–H and O–H groups in total. The molecule has 0 aromatic rings. The summed E-state index contributed by atoms with van der Waals surface area (Å²) in [5.74, 6) is 0. The zero-order chi connectivity index (χ0) is 12.3. The molecule has 0 aromatic heterocycles. The Morgan fingerprint density at radius 3 is 1.13 bits per heavy atom. The molecule has 91 valence electrons. The van der Waals surface area contributed by atoms with Gasteiger partial charge in [-0.15, -0.1) is 0 Å². The van der Waals surface area contributed by atoms with Gasteiger partial charge in [0.15, 0.2) is 0 Å². The Bertz CT molecular complexity index is 151. The van der Waals surface area contributed by atoms with Gasteiger partial charge in [0.2, 0.25) is 0 Å². The van der Waals surface area contributed by atoms with Gasteiger partial charge in [0.25, 0.3) is 0 Å². The molecule has 0 saturated heterocycles. The van der Waals surface area contributed by atoms with E-state index in [0.29, 0.717) is 22.9 Å². The molecular formula is C14H30N. The summed E-state index contributed by atoms with van der Waals surface area (Å²) in [5, 5.41) is 5.06. The van der Waals surface area contributed by atoms with Crippen molar-refractivity contribution in [2.45, 2.75) is 80.3 Å². The van der Waals surface area contributed by atoms with E-state index >= 15 is 0 Å². The van der Waals surface area contributed by atoms with Crippen molar-refractivity contribution in [1.82, 2.24) is 5.32 Å². The summed E-state index contributed by atoms with van der Waals surface area (Å²) in [6.45, 7) is 18.2. The smallest absolute Gasteiger partial charge is 0.0295 e. The third kappa shape index (κ3) is 5.01. The van der Waals surface area contributed by atoms with Crippen molar-refractivity contribution in [3.05, 3.63) is 0 Å². The molecule has 0 heterocycles. The van der Waals surface area contributed by atoms with E-state index in [1.807, 2.05) is 0 Å². The van der Waals surface area contributed by atoms with Crippen LogP contribution in [0.5, 0.6) is 0 Å². The van der Waals surface area contributed by atoms with Crippen molar-refractivity contribution in [3.63, 3.8) is 0 Å². The van der Waals surface area contributed by atoms with Crippen molar-refractivity contribution in [1.29, 1.82) is 0 Å². The molecule has 0 spiro atoms. The summed E-state index contributed by atoms with van der Waals surface area (Å²) in [6.07, 6.45) is 2.30. The van der Waals surface area contributed by atoms with Gasteiger partial charge < -0.3 is 0 Å². The van der Waals surface area contributed by atoms with E-state index in [9.17, 15) is 0 Å². The lowest BCUT2D eigenvalue weighted by molar-refractivity contribution is 0.170. The second-order valence-corrected chi connectivity index (χ2v) is 6.73. The van der Waals surface area contributed by atoms with Gasteiger partial charge in [-0.1, -0.05) is 55.4 Å². The maximum Gasteiger partial charge on any atom is 0.0295 e. The molecule has 0 fully saturated rings. The predicted octanol–water partition coefficient (Wildman–Crippen LogP) is 4.24. The molecule has 0 amide bonds. The van der Waals surface area contributed by atoms with Gasteiger partial charge in [-0.2, -0.15) is 0 Å². The fourth-order valence-electron chi connectivity index (χ4n) is 2.10. The average Bonchev–Trinajstić information content (AvgIpc) is 2.01. The topological polar surface area (TPSA) is 14.1 Å². The molecule has 0 aromatic carbocycles. The maximum absolute atomic E-state index is 5.06. The van der Waals surface area contributed by atoms with Gasteiger partial charge in [0, 0.05) is 12.1 Å². The van der Waals surface area contributed by atoms with Crippen LogP contribution < -0.4 is 5.32 Å². The Morgan fingerprint density at radius 1 is 0.733 bits per heavy atom. The van der Waals surface area contributed by atoms with Crippen LogP contribution in [0.3, 0.4) is 0 Å². The van der Waals surface area contributed by atoms with E-state index in [1.165, 1.54) is 0 Å². The Morgan fingerprint density at radius 2 is 1.00 bits per heavy atom. The maximum atomic E-state index is 5.06. The first-order valence-electron chi connectivity index (χ1n) is 6.32. The number of nitrogens with zero attached hydrogens (tertiary/aromatic N) is 1. The Balaban J connectivity index is 4.52. The van der Waals surface area contributed by atoms with Crippen LogP contribution in [0.4, 0.5) is 0 Å². The normalized spacial score (nSPS) is 17.6. The van der Waals surface area contributed by atoms with Crippen LogP contribution in [0.15, 0.2) is 0 Å². The molecule has 0 rings (SSSR count). The van der Waals surface area contributed by atoms with Crippen LogP contribution in [0.2, 0.25) is 0 Å². The van der Waals surface area contributed by atoms with Crippen LogP contribution >= 0.6 is 0 Å². The highest BCUT2D eigenvalue weighted by Crippen LogP contribution is 2.28. The summed E-state index contributed by atoms with van der Waals surface area (Å²) in [7, 11) is 0. The van der Waals surface area contributed by atoms with Crippen LogP contribution in [-0.2, 0) is 0 Å². The van der Waals surface area contributed by atoms with Gasteiger partial charge in [0.05, 0.1) is 0 Å². The highest BCUT2D eigenvalue weighted by molar-refractivity contribution is 4.86. The first-order valence-corrected chi connectivity index (χ1v) is 6.32. The molecule has 15 heavy (non-hydrogen) atoms. The molecule has 0 aliphatic heterocycles. The highest BCUT2D eigenvalue weighted by Gasteiger charge is 2.31. The highest BCUT2D eigenvalue weighted by atomic mass is 15.0. The average molecular weight is 212 g/mol. The second kappa shape index (κ2) is 5.34. The third-order valence-electron chi connectivity index (χ3n) is 3.13. The summed E-state index contributed by atoms with van der Waals surface area (Å²) in [4.78, 5) is 0. The van der Waals surface area contributed by atoms with Crippen LogP contribution in [0.1, 0.15) is 68.2 Å². The largest absolute Gasteiger partial charge is 0.234 e. The minimum absolute atomic E-state index is 0.299. The second-order valence-electron chi connectivity index (χ2n) is 6.73. The number of hydrogen-bond acceptors (Lipinski definition) is 0. The van der Waals surface area contributed by atoms with Gasteiger partial charge in [-0.05, 0) is 23.7 Å². The van der Waals surface area contributed by atoms with E-state index in [0.717, 1.165) is 12.8 Å². The van der Waals surface area contributed by atoms with E-state index in [-0.39, 0.29) is 0 Å². The van der Waals surface area contributed by atoms with Crippen molar-refractivity contribution in [3.8, 4) is 0 Å². The molecule has 0 bridgehead atoms. The number of rotatable bonds is 4. The molecule has 0 aliphatic rings. The molecule has 2 atom stereocenters. The third-order valence-corrected chi connectivity index (χ3v) is 3.13. The summed E-state index contributed by atoms with van der Waals surface area (Å²) in [6, 6.07) is 0.975. The molecule has 0 saturated carbocycles. The van der Waals surface area contributed by atoms with E-state index in [4.69, 9.17) is 5.32 Å². The Kier molecular flexibility index (Phi) is 5.32. The quantitative estimate of drug-likeness (QED) is 0.662. The van der Waals surface area contributed by atoms with Gasteiger partial charge in [-0.25, -0.2) is 5.32 Å². The van der Waals surface area contributed by atoms with Crippen LogP contribution in [0.25, 0.3) is 0 Å². The lowest BCUT2D eigenvalue weighted by Crippen LogP contribution is -2.45. The van der Waals surface area contributed by atoms with Crippen molar-refractivity contribution >= 4 is 0 Å².